The number of hydrogen-bond donors (Lipinski definition) is 0. The molecule has 0 heterocycles. The fraction of sp³-hybridized carbons (Fsp3) is 0.208. The molecule has 27 heavy (non-hydrogen) atoms. The first kappa shape index (κ1) is 18.9. The van der Waals surface area contributed by atoms with Gasteiger partial charge in [0.05, 0.1) is 13.2 Å². The number of esters is 1. The molecule has 0 bridgehead atoms. The van der Waals surface area contributed by atoms with Crippen LogP contribution in [-0.4, -0.2) is 18.7 Å². The summed E-state index contributed by atoms with van der Waals surface area (Å²) in [5.41, 5.74) is 3.07. The zero-order valence-corrected chi connectivity index (χ0v) is 15.5. The SMILES string of the molecule is CCOC(=O)C(OCc1ccccc1)C(c1ccccc1)c1ccccc1. The summed E-state index contributed by atoms with van der Waals surface area (Å²) >= 11 is 0. The van der Waals surface area contributed by atoms with Crippen molar-refractivity contribution in [1.82, 2.24) is 0 Å². The average Bonchev–Trinajstić information content (AvgIpc) is 2.73. The van der Waals surface area contributed by atoms with Crippen molar-refractivity contribution in [3.8, 4) is 0 Å². The lowest BCUT2D eigenvalue weighted by Gasteiger charge is -2.27. The molecule has 0 spiro atoms. The molecule has 138 valence electrons. The highest BCUT2D eigenvalue weighted by Crippen LogP contribution is 2.31. The molecule has 3 aromatic carbocycles. The van der Waals surface area contributed by atoms with Gasteiger partial charge in [-0.25, -0.2) is 4.79 Å². The Morgan fingerprint density at radius 1 is 0.778 bits per heavy atom. The van der Waals surface area contributed by atoms with E-state index >= 15 is 0 Å². The first-order chi connectivity index (χ1) is 13.3. The quantitative estimate of drug-likeness (QED) is 0.532. The molecule has 0 aromatic heterocycles. The van der Waals surface area contributed by atoms with Gasteiger partial charge < -0.3 is 9.47 Å². The van der Waals surface area contributed by atoms with E-state index in [4.69, 9.17) is 9.47 Å². The van der Waals surface area contributed by atoms with Gasteiger partial charge in [-0.1, -0.05) is 91.0 Å². The minimum atomic E-state index is -0.727. The molecule has 0 N–H and O–H groups in total. The number of rotatable bonds is 8. The lowest BCUT2D eigenvalue weighted by Crippen LogP contribution is -2.33. The predicted octanol–water partition coefficient (Wildman–Crippen LogP) is 4.97. The molecule has 3 nitrogen and oxygen atoms in total. The predicted molar refractivity (Wildman–Crippen MR) is 106 cm³/mol. The van der Waals surface area contributed by atoms with Crippen molar-refractivity contribution >= 4 is 5.97 Å². The van der Waals surface area contributed by atoms with Gasteiger partial charge in [-0.15, -0.1) is 0 Å². The second-order valence-corrected chi connectivity index (χ2v) is 6.27. The van der Waals surface area contributed by atoms with Gasteiger partial charge in [-0.3, -0.25) is 0 Å². The molecule has 1 atom stereocenters. The number of ether oxygens (including phenoxy) is 2. The molecular formula is C24H24O3. The van der Waals surface area contributed by atoms with E-state index in [1.165, 1.54) is 0 Å². The summed E-state index contributed by atoms with van der Waals surface area (Å²) in [6.45, 7) is 2.48. The zero-order valence-electron chi connectivity index (χ0n) is 15.5. The molecule has 0 fully saturated rings. The monoisotopic (exact) mass is 360 g/mol. The van der Waals surface area contributed by atoms with Gasteiger partial charge >= 0.3 is 5.97 Å². The topological polar surface area (TPSA) is 35.5 Å². The fourth-order valence-electron chi connectivity index (χ4n) is 3.15. The van der Waals surface area contributed by atoms with Crippen LogP contribution in [0.2, 0.25) is 0 Å². The van der Waals surface area contributed by atoms with Gasteiger partial charge in [0, 0.05) is 5.92 Å². The maximum Gasteiger partial charge on any atom is 0.336 e. The molecule has 0 aliphatic rings. The first-order valence-corrected chi connectivity index (χ1v) is 9.21. The molecule has 3 heteroatoms. The average molecular weight is 360 g/mol. The minimum Gasteiger partial charge on any atom is -0.464 e. The first-order valence-electron chi connectivity index (χ1n) is 9.21. The Hall–Kier alpha value is -2.91. The molecule has 0 aliphatic heterocycles. The molecule has 0 amide bonds. The summed E-state index contributed by atoms with van der Waals surface area (Å²) < 4.78 is 11.5. The van der Waals surface area contributed by atoms with Gasteiger partial charge in [-0.05, 0) is 23.6 Å². The third-order valence-electron chi connectivity index (χ3n) is 4.41. The van der Waals surface area contributed by atoms with E-state index in [0.29, 0.717) is 13.2 Å². The normalized spacial score (nSPS) is 11.9. The van der Waals surface area contributed by atoms with Crippen LogP contribution in [0, 0.1) is 0 Å². The van der Waals surface area contributed by atoms with Crippen molar-refractivity contribution in [1.29, 1.82) is 0 Å². The van der Waals surface area contributed by atoms with Crippen LogP contribution in [-0.2, 0) is 20.9 Å². The number of carbonyl (C=O) groups is 1. The van der Waals surface area contributed by atoms with E-state index in [0.717, 1.165) is 16.7 Å². The third kappa shape index (κ3) is 5.05. The molecule has 0 saturated carbocycles. The number of carbonyl (C=O) groups excluding carboxylic acids is 1. The van der Waals surface area contributed by atoms with Gasteiger partial charge in [0.25, 0.3) is 0 Å². The largest absolute Gasteiger partial charge is 0.464 e. The zero-order chi connectivity index (χ0) is 18.9. The highest BCUT2D eigenvalue weighted by atomic mass is 16.6. The van der Waals surface area contributed by atoms with Gasteiger partial charge in [-0.2, -0.15) is 0 Å². The highest BCUT2D eigenvalue weighted by molar-refractivity contribution is 5.77. The van der Waals surface area contributed by atoms with Crippen molar-refractivity contribution in [2.24, 2.45) is 0 Å². The smallest absolute Gasteiger partial charge is 0.336 e. The second-order valence-electron chi connectivity index (χ2n) is 6.27. The van der Waals surface area contributed by atoms with E-state index < -0.39 is 6.10 Å². The van der Waals surface area contributed by atoms with Crippen molar-refractivity contribution in [2.75, 3.05) is 6.61 Å². The molecule has 3 rings (SSSR count). The Labute approximate surface area is 160 Å². The Morgan fingerprint density at radius 2 is 1.26 bits per heavy atom. The summed E-state index contributed by atoms with van der Waals surface area (Å²) in [4.78, 5) is 12.8. The highest BCUT2D eigenvalue weighted by Gasteiger charge is 2.33. The molecule has 1 unspecified atom stereocenters. The summed E-state index contributed by atoms with van der Waals surface area (Å²) in [5, 5.41) is 0. The van der Waals surface area contributed by atoms with Crippen LogP contribution < -0.4 is 0 Å². The maximum atomic E-state index is 12.8. The summed E-state index contributed by atoms with van der Waals surface area (Å²) in [5.74, 6) is -0.582. The number of hydrogen-bond acceptors (Lipinski definition) is 3. The molecule has 0 aliphatic carbocycles. The van der Waals surface area contributed by atoms with Gasteiger partial charge in [0.1, 0.15) is 0 Å². The van der Waals surface area contributed by atoms with Gasteiger partial charge in [0.2, 0.25) is 0 Å². The van der Waals surface area contributed by atoms with Crippen LogP contribution >= 0.6 is 0 Å². The van der Waals surface area contributed by atoms with E-state index in [-0.39, 0.29) is 11.9 Å². The Bertz CT molecular complexity index is 777. The molecule has 3 aromatic rings. The minimum absolute atomic E-state index is 0.241. The summed E-state index contributed by atoms with van der Waals surface area (Å²) in [7, 11) is 0. The van der Waals surface area contributed by atoms with E-state index in [1.54, 1.807) is 0 Å². The lowest BCUT2D eigenvalue weighted by molar-refractivity contribution is -0.158. The molecule has 0 saturated heterocycles. The van der Waals surface area contributed by atoms with E-state index in [9.17, 15) is 4.79 Å². The molecular weight excluding hydrogens is 336 g/mol. The van der Waals surface area contributed by atoms with Crippen LogP contribution in [0.3, 0.4) is 0 Å². The van der Waals surface area contributed by atoms with Crippen molar-refractivity contribution < 1.29 is 14.3 Å². The van der Waals surface area contributed by atoms with Crippen molar-refractivity contribution in [3.05, 3.63) is 108 Å². The summed E-state index contributed by atoms with van der Waals surface area (Å²) in [6.07, 6.45) is -0.727. The standard InChI is InChI=1S/C24H24O3/c1-2-26-24(25)23(27-18-19-12-6-3-7-13-19)22(20-14-8-4-9-15-20)21-16-10-5-11-17-21/h3-17,22-23H,2,18H2,1H3. The lowest BCUT2D eigenvalue weighted by atomic mass is 9.86. The Balaban J connectivity index is 1.95. The van der Waals surface area contributed by atoms with Crippen LogP contribution in [0.4, 0.5) is 0 Å². The number of benzene rings is 3. The molecule has 0 radical (unpaired) electrons. The van der Waals surface area contributed by atoms with Crippen LogP contribution in [0.15, 0.2) is 91.0 Å². The third-order valence-corrected chi connectivity index (χ3v) is 4.41. The second kappa shape index (κ2) is 9.70. The maximum absolute atomic E-state index is 12.8. The Morgan fingerprint density at radius 3 is 1.74 bits per heavy atom. The van der Waals surface area contributed by atoms with E-state index in [1.807, 2.05) is 97.9 Å². The van der Waals surface area contributed by atoms with Crippen molar-refractivity contribution in [3.63, 3.8) is 0 Å². The Kier molecular flexibility index (Phi) is 6.78. The van der Waals surface area contributed by atoms with Gasteiger partial charge in [0.15, 0.2) is 6.10 Å². The van der Waals surface area contributed by atoms with Crippen LogP contribution in [0.5, 0.6) is 0 Å². The fourth-order valence-corrected chi connectivity index (χ4v) is 3.15. The van der Waals surface area contributed by atoms with Crippen LogP contribution in [0.1, 0.15) is 29.5 Å². The van der Waals surface area contributed by atoms with E-state index in [2.05, 4.69) is 0 Å². The van der Waals surface area contributed by atoms with Crippen molar-refractivity contribution in [2.45, 2.75) is 25.6 Å². The van der Waals surface area contributed by atoms with Crippen LogP contribution in [0.25, 0.3) is 0 Å². The summed E-state index contributed by atoms with van der Waals surface area (Å²) in [6, 6.07) is 29.8.